The van der Waals surface area contributed by atoms with Crippen molar-refractivity contribution in [3.63, 3.8) is 0 Å². The molecule has 20 heavy (non-hydrogen) atoms. The lowest BCUT2D eigenvalue weighted by atomic mass is 10.0. The van der Waals surface area contributed by atoms with Gasteiger partial charge in [0.25, 0.3) is 5.91 Å². The van der Waals surface area contributed by atoms with Crippen molar-refractivity contribution in [1.82, 2.24) is 9.88 Å². The third-order valence-corrected chi connectivity index (χ3v) is 3.67. The van der Waals surface area contributed by atoms with Crippen LogP contribution in [0.25, 0.3) is 10.9 Å². The van der Waals surface area contributed by atoms with E-state index in [9.17, 15) is 14.7 Å². The summed E-state index contributed by atoms with van der Waals surface area (Å²) in [4.78, 5) is 27.9. The van der Waals surface area contributed by atoms with Crippen LogP contribution >= 0.6 is 0 Å². The minimum atomic E-state index is -1.26. The Morgan fingerprint density at radius 3 is 2.50 bits per heavy atom. The lowest BCUT2D eigenvalue weighted by Crippen LogP contribution is -2.50. The van der Waals surface area contributed by atoms with Gasteiger partial charge in [0.2, 0.25) is 0 Å². The highest BCUT2D eigenvalue weighted by atomic mass is 16.4. The lowest BCUT2D eigenvalue weighted by molar-refractivity contribution is -0.147. The first-order chi connectivity index (χ1) is 9.23. The third kappa shape index (κ3) is 2.27. The topological polar surface area (TPSA) is 73.4 Å². The maximum absolute atomic E-state index is 12.4. The van der Waals surface area contributed by atoms with Crippen molar-refractivity contribution in [2.45, 2.75) is 26.3 Å². The third-order valence-electron chi connectivity index (χ3n) is 3.67. The number of hydrogen-bond acceptors (Lipinski definition) is 2. The van der Waals surface area contributed by atoms with Gasteiger partial charge in [-0.05, 0) is 38.5 Å². The van der Waals surface area contributed by atoms with Gasteiger partial charge >= 0.3 is 5.97 Å². The molecule has 2 aromatic rings. The first-order valence-electron chi connectivity index (χ1n) is 6.34. The van der Waals surface area contributed by atoms with Crippen LogP contribution in [0.5, 0.6) is 0 Å². The molecule has 5 heteroatoms. The zero-order valence-corrected chi connectivity index (χ0v) is 12.0. The monoisotopic (exact) mass is 274 g/mol. The van der Waals surface area contributed by atoms with Crippen molar-refractivity contribution >= 4 is 22.8 Å². The van der Waals surface area contributed by atoms with Crippen molar-refractivity contribution in [3.05, 3.63) is 35.5 Å². The van der Waals surface area contributed by atoms with Gasteiger partial charge in [0.1, 0.15) is 11.2 Å². The fourth-order valence-electron chi connectivity index (χ4n) is 1.93. The molecular formula is C15H18N2O3. The second-order valence-corrected chi connectivity index (χ2v) is 5.50. The van der Waals surface area contributed by atoms with E-state index in [0.29, 0.717) is 5.69 Å². The van der Waals surface area contributed by atoms with Crippen LogP contribution in [0.3, 0.4) is 0 Å². The van der Waals surface area contributed by atoms with Crippen molar-refractivity contribution in [2.75, 3.05) is 7.05 Å². The standard InChI is InChI=1S/C15H18N2O3/c1-9-5-6-10-8-12(16-11(10)7-9)13(18)17(4)15(2,3)14(19)20/h5-8,16H,1-4H3,(H,19,20). The molecule has 106 valence electrons. The Balaban J connectivity index is 2.38. The number of nitrogens with one attached hydrogen (secondary N) is 1. The number of hydrogen-bond donors (Lipinski definition) is 2. The van der Waals surface area contributed by atoms with Crippen LogP contribution in [0, 0.1) is 6.92 Å². The summed E-state index contributed by atoms with van der Waals surface area (Å²) in [6.07, 6.45) is 0. The Hall–Kier alpha value is -2.30. The van der Waals surface area contributed by atoms with Gasteiger partial charge in [-0.25, -0.2) is 4.79 Å². The van der Waals surface area contributed by atoms with E-state index >= 15 is 0 Å². The van der Waals surface area contributed by atoms with E-state index in [4.69, 9.17) is 0 Å². The highest BCUT2D eigenvalue weighted by Crippen LogP contribution is 2.20. The normalized spacial score (nSPS) is 11.6. The summed E-state index contributed by atoms with van der Waals surface area (Å²) in [5.41, 5.74) is 1.10. The molecule has 0 spiro atoms. The van der Waals surface area contributed by atoms with E-state index in [1.165, 1.54) is 25.8 Å². The number of aromatic amines is 1. The van der Waals surface area contributed by atoms with Crippen LogP contribution in [0.2, 0.25) is 0 Å². The predicted molar refractivity (Wildman–Crippen MR) is 76.8 cm³/mol. The molecule has 0 aliphatic carbocycles. The molecule has 0 radical (unpaired) electrons. The van der Waals surface area contributed by atoms with Gasteiger partial charge in [0.05, 0.1) is 0 Å². The number of aromatic nitrogens is 1. The minimum Gasteiger partial charge on any atom is -0.480 e. The smallest absolute Gasteiger partial charge is 0.329 e. The summed E-state index contributed by atoms with van der Waals surface area (Å²) in [6.45, 7) is 4.97. The summed E-state index contributed by atoms with van der Waals surface area (Å²) >= 11 is 0. The molecule has 0 aliphatic heterocycles. The van der Waals surface area contributed by atoms with Gasteiger partial charge in [0.15, 0.2) is 0 Å². The van der Waals surface area contributed by atoms with E-state index < -0.39 is 11.5 Å². The summed E-state index contributed by atoms with van der Waals surface area (Å²) < 4.78 is 0. The van der Waals surface area contributed by atoms with Gasteiger partial charge in [-0.15, -0.1) is 0 Å². The number of nitrogens with zero attached hydrogens (tertiary/aromatic N) is 1. The molecular weight excluding hydrogens is 256 g/mol. The Bertz CT molecular complexity index is 685. The van der Waals surface area contributed by atoms with Gasteiger partial charge < -0.3 is 15.0 Å². The average Bonchev–Trinajstić information content (AvgIpc) is 2.79. The molecule has 1 aromatic carbocycles. The summed E-state index contributed by atoms with van der Waals surface area (Å²) in [5.74, 6) is -1.38. The van der Waals surface area contributed by atoms with Gasteiger partial charge in [-0.2, -0.15) is 0 Å². The Morgan fingerprint density at radius 1 is 1.25 bits per heavy atom. The molecule has 0 saturated carbocycles. The first-order valence-corrected chi connectivity index (χ1v) is 6.34. The number of carboxylic acid groups (broad SMARTS) is 1. The molecule has 1 amide bonds. The number of amides is 1. The van der Waals surface area contributed by atoms with E-state index in [1.807, 2.05) is 25.1 Å². The van der Waals surface area contributed by atoms with Crippen molar-refractivity contribution in [1.29, 1.82) is 0 Å². The number of rotatable bonds is 3. The SMILES string of the molecule is Cc1ccc2cc(C(=O)N(C)C(C)(C)C(=O)O)[nH]c2c1. The van der Waals surface area contributed by atoms with Gasteiger partial charge in [-0.3, -0.25) is 4.79 Å². The number of carbonyl (C=O) groups is 2. The number of aryl methyl sites for hydroxylation is 1. The molecule has 0 bridgehead atoms. The molecule has 0 unspecified atom stereocenters. The van der Waals surface area contributed by atoms with Crippen LogP contribution in [0.15, 0.2) is 24.3 Å². The quantitative estimate of drug-likeness (QED) is 0.902. The highest BCUT2D eigenvalue weighted by molar-refractivity contribution is 6.00. The lowest BCUT2D eigenvalue weighted by Gasteiger charge is -2.31. The molecule has 0 atom stereocenters. The van der Waals surface area contributed by atoms with E-state index in [2.05, 4.69) is 4.98 Å². The maximum Gasteiger partial charge on any atom is 0.329 e. The van der Waals surface area contributed by atoms with Crippen molar-refractivity contribution < 1.29 is 14.7 Å². The highest BCUT2D eigenvalue weighted by Gasteiger charge is 2.36. The van der Waals surface area contributed by atoms with E-state index in [0.717, 1.165) is 16.5 Å². The summed E-state index contributed by atoms with van der Waals surface area (Å²) in [7, 11) is 1.49. The van der Waals surface area contributed by atoms with Crippen LogP contribution in [0.1, 0.15) is 29.9 Å². The summed E-state index contributed by atoms with van der Waals surface area (Å²) in [6, 6.07) is 7.59. The number of carbonyl (C=O) groups excluding carboxylic acids is 1. The fraction of sp³-hybridized carbons (Fsp3) is 0.333. The number of H-pyrrole nitrogens is 1. The predicted octanol–water partition coefficient (Wildman–Crippen LogP) is 2.41. The van der Waals surface area contributed by atoms with Crippen LogP contribution in [0.4, 0.5) is 0 Å². The molecule has 1 heterocycles. The zero-order valence-electron chi connectivity index (χ0n) is 12.0. The molecule has 0 fully saturated rings. The molecule has 2 rings (SSSR count). The average molecular weight is 274 g/mol. The molecule has 5 nitrogen and oxygen atoms in total. The Labute approximate surface area is 117 Å². The zero-order chi connectivity index (χ0) is 15.1. The van der Waals surface area contributed by atoms with Crippen LogP contribution < -0.4 is 0 Å². The van der Waals surface area contributed by atoms with Crippen molar-refractivity contribution in [3.8, 4) is 0 Å². The number of aliphatic carboxylic acids is 1. The molecule has 1 aromatic heterocycles. The summed E-state index contributed by atoms with van der Waals surface area (Å²) in [5, 5.41) is 10.1. The Kier molecular flexibility index (Phi) is 3.29. The van der Waals surface area contributed by atoms with Crippen molar-refractivity contribution in [2.24, 2.45) is 0 Å². The van der Waals surface area contributed by atoms with Crippen LogP contribution in [-0.4, -0.2) is 39.5 Å². The van der Waals surface area contributed by atoms with E-state index in [1.54, 1.807) is 6.07 Å². The van der Waals surface area contributed by atoms with Gasteiger partial charge in [0, 0.05) is 18.0 Å². The number of benzene rings is 1. The molecule has 2 N–H and O–H groups in total. The van der Waals surface area contributed by atoms with E-state index in [-0.39, 0.29) is 5.91 Å². The largest absolute Gasteiger partial charge is 0.480 e. The first kappa shape index (κ1) is 14.1. The number of likely N-dealkylation sites (N-methyl/N-ethyl adjacent to an activating group) is 1. The second-order valence-electron chi connectivity index (χ2n) is 5.50. The number of fused-ring (bicyclic) bond motifs is 1. The van der Waals surface area contributed by atoms with Gasteiger partial charge in [-0.1, -0.05) is 12.1 Å². The fourth-order valence-corrected chi connectivity index (χ4v) is 1.93. The molecule has 0 saturated heterocycles. The minimum absolute atomic E-state index is 0.341. The maximum atomic E-state index is 12.4. The number of carboxylic acids is 1. The second kappa shape index (κ2) is 4.67. The van der Waals surface area contributed by atoms with Crippen LogP contribution in [-0.2, 0) is 4.79 Å². The Morgan fingerprint density at radius 2 is 1.90 bits per heavy atom. The molecule has 0 aliphatic rings.